The number of nitrogens with zero attached hydrogens (tertiary/aromatic N) is 1. The molecule has 1 amide bonds. The maximum atomic E-state index is 13.3. The first-order valence-electron chi connectivity index (χ1n) is 4.74. The molecule has 0 bridgehead atoms. The first-order chi connectivity index (χ1) is 7.41. The zero-order valence-corrected chi connectivity index (χ0v) is 10.9. The smallest absolute Gasteiger partial charge is 0.262 e. The third-order valence-electron chi connectivity index (χ3n) is 1.99. The second-order valence-electron chi connectivity index (χ2n) is 3.57. The Hall–Kier alpha value is -1.10. The van der Waals surface area contributed by atoms with Crippen molar-refractivity contribution in [2.24, 2.45) is 0 Å². The minimum Gasteiger partial charge on any atom is -0.478 e. The van der Waals surface area contributed by atoms with E-state index in [0.29, 0.717) is 4.47 Å². The Labute approximate surface area is 102 Å². The largest absolute Gasteiger partial charge is 0.478 e. The molecular formula is C11H13BrFNO2. The van der Waals surface area contributed by atoms with Gasteiger partial charge in [0.05, 0.1) is 0 Å². The average Bonchev–Trinajstić information content (AvgIpc) is 2.22. The van der Waals surface area contributed by atoms with Gasteiger partial charge in [-0.1, -0.05) is 15.9 Å². The van der Waals surface area contributed by atoms with E-state index in [2.05, 4.69) is 15.9 Å². The molecule has 0 saturated heterocycles. The van der Waals surface area contributed by atoms with Crippen molar-refractivity contribution in [1.82, 2.24) is 4.90 Å². The molecule has 1 aromatic rings. The van der Waals surface area contributed by atoms with Crippen molar-refractivity contribution < 1.29 is 13.9 Å². The van der Waals surface area contributed by atoms with Gasteiger partial charge in [-0.25, -0.2) is 4.39 Å². The van der Waals surface area contributed by atoms with E-state index >= 15 is 0 Å². The van der Waals surface area contributed by atoms with E-state index in [9.17, 15) is 9.18 Å². The van der Waals surface area contributed by atoms with Gasteiger partial charge in [0.25, 0.3) is 5.91 Å². The van der Waals surface area contributed by atoms with Gasteiger partial charge < -0.3 is 9.64 Å². The van der Waals surface area contributed by atoms with Gasteiger partial charge in [0, 0.05) is 18.6 Å². The summed E-state index contributed by atoms with van der Waals surface area (Å²) in [5.41, 5.74) is 0. The maximum Gasteiger partial charge on any atom is 0.262 e. The van der Waals surface area contributed by atoms with Crippen LogP contribution in [0.4, 0.5) is 4.39 Å². The molecule has 0 heterocycles. The highest BCUT2D eigenvalue weighted by Gasteiger charge is 2.18. The fraction of sp³-hybridized carbons (Fsp3) is 0.364. The number of hydrogen-bond acceptors (Lipinski definition) is 2. The fourth-order valence-corrected chi connectivity index (χ4v) is 1.51. The van der Waals surface area contributed by atoms with Crippen LogP contribution in [-0.2, 0) is 4.79 Å². The first-order valence-corrected chi connectivity index (χ1v) is 5.54. The average molecular weight is 290 g/mol. The lowest BCUT2D eigenvalue weighted by atomic mass is 10.3. The molecule has 1 unspecified atom stereocenters. The van der Waals surface area contributed by atoms with E-state index in [0.717, 1.165) is 0 Å². The quantitative estimate of drug-likeness (QED) is 0.855. The molecule has 0 radical (unpaired) electrons. The van der Waals surface area contributed by atoms with Crippen LogP contribution in [0, 0.1) is 5.82 Å². The number of halogens is 2. The maximum absolute atomic E-state index is 13.3. The minimum atomic E-state index is -0.709. The lowest BCUT2D eigenvalue weighted by Gasteiger charge is -2.18. The van der Waals surface area contributed by atoms with Crippen molar-refractivity contribution >= 4 is 21.8 Å². The SMILES string of the molecule is CC(Oc1cc(Br)ccc1F)C(=O)N(C)C. The minimum absolute atomic E-state index is 0.0667. The Morgan fingerprint density at radius 3 is 2.69 bits per heavy atom. The summed E-state index contributed by atoms with van der Waals surface area (Å²) in [7, 11) is 3.25. The number of likely N-dealkylation sites (N-methyl/N-ethyl adjacent to an activating group) is 1. The van der Waals surface area contributed by atoms with Crippen molar-refractivity contribution in [3.05, 3.63) is 28.5 Å². The van der Waals surface area contributed by atoms with Crippen molar-refractivity contribution in [2.45, 2.75) is 13.0 Å². The number of ether oxygens (including phenoxy) is 1. The van der Waals surface area contributed by atoms with E-state index in [4.69, 9.17) is 4.74 Å². The predicted octanol–water partition coefficient (Wildman–Crippen LogP) is 2.44. The van der Waals surface area contributed by atoms with Gasteiger partial charge >= 0.3 is 0 Å². The lowest BCUT2D eigenvalue weighted by Crippen LogP contribution is -2.35. The van der Waals surface area contributed by atoms with Crippen molar-refractivity contribution in [3.8, 4) is 5.75 Å². The Bertz CT molecular complexity index is 396. The highest BCUT2D eigenvalue weighted by Crippen LogP contribution is 2.23. The van der Waals surface area contributed by atoms with Crippen LogP contribution in [0.25, 0.3) is 0 Å². The Kier molecular flexibility index (Phi) is 4.29. The predicted molar refractivity (Wildman–Crippen MR) is 62.9 cm³/mol. The van der Waals surface area contributed by atoms with Crippen LogP contribution >= 0.6 is 15.9 Å². The second kappa shape index (κ2) is 5.30. The summed E-state index contributed by atoms with van der Waals surface area (Å²) in [6.07, 6.45) is -0.709. The molecule has 0 N–H and O–H groups in total. The third-order valence-corrected chi connectivity index (χ3v) is 2.48. The molecule has 88 valence electrons. The zero-order valence-electron chi connectivity index (χ0n) is 9.33. The Balaban J connectivity index is 2.80. The van der Waals surface area contributed by atoms with Crippen molar-refractivity contribution in [2.75, 3.05) is 14.1 Å². The number of benzene rings is 1. The zero-order chi connectivity index (χ0) is 12.3. The standard InChI is InChI=1S/C11H13BrFNO2/c1-7(11(15)14(2)3)16-10-6-8(12)4-5-9(10)13/h4-7H,1-3H3. The molecule has 0 spiro atoms. The van der Waals surface area contributed by atoms with Gasteiger partial charge in [0.15, 0.2) is 17.7 Å². The van der Waals surface area contributed by atoms with Gasteiger partial charge in [0.1, 0.15) is 0 Å². The summed E-state index contributed by atoms with van der Waals surface area (Å²) in [4.78, 5) is 12.9. The highest BCUT2D eigenvalue weighted by atomic mass is 79.9. The summed E-state index contributed by atoms with van der Waals surface area (Å²) in [6, 6.07) is 4.35. The fourth-order valence-electron chi connectivity index (χ4n) is 1.17. The number of rotatable bonds is 3. The molecule has 5 heteroatoms. The monoisotopic (exact) mass is 289 g/mol. The van der Waals surface area contributed by atoms with Gasteiger partial charge in [0.2, 0.25) is 0 Å². The van der Waals surface area contributed by atoms with Crippen LogP contribution in [0.1, 0.15) is 6.92 Å². The molecule has 1 rings (SSSR count). The molecule has 0 aliphatic heterocycles. The summed E-state index contributed by atoms with van der Waals surface area (Å²) < 4.78 is 19.3. The third kappa shape index (κ3) is 3.20. The molecular weight excluding hydrogens is 277 g/mol. The molecule has 1 atom stereocenters. The van der Waals surface area contributed by atoms with Crippen molar-refractivity contribution in [1.29, 1.82) is 0 Å². The Morgan fingerprint density at radius 1 is 1.50 bits per heavy atom. The van der Waals surface area contributed by atoms with Crippen LogP contribution in [-0.4, -0.2) is 31.0 Å². The normalized spacial score (nSPS) is 12.1. The van der Waals surface area contributed by atoms with E-state index in [1.807, 2.05) is 0 Å². The van der Waals surface area contributed by atoms with Crippen LogP contribution in [0.15, 0.2) is 22.7 Å². The molecule has 0 fully saturated rings. The van der Waals surface area contributed by atoms with Crippen LogP contribution in [0.5, 0.6) is 5.75 Å². The van der Waals surface area contributed by atoms with Crippen LogP contribution in [0.2, 0.25) is 0 Å². The topological polar surface area (TPSA) is 29.5 Å². The summed E-state index contributed by atoms with van der Waals surface area (Å²) in [5, 5.41) is 0. The van der Waals surface area contributed by atoms with Gasteiger partial charge in [-0.3, -0.25) is 4.79 Å². The molecule has 0 aliphatic rings. The van der Waals surface area contributed by atoms with Crippen LogP contribution in [0.3, 0.4) is 0 Å². The van der Waals surface area contributed by atoms with Crippen molar-refractivity contribution in [3.63, 3.8) is 0 Å². The highest BCUT2D eigenvalue weighted by molar-refractivity contribution is 9.10. The van der Waals surface area contributed by atoms with Crippen LogP contribution < -0.4 is 4.74 Å². The molecule has 3 nitrogen and oxygen atoms in total. The van der Waals surface area contributed by atoms with E-state index in [1.54, 1.807) is 27.1 Å². The first kappa shape index (κ1) is 13.0. The summed E-state index contributed by atoms with van der Waals surface area (Å²) >= 11 is 3.21. The van der Waals surface area contributed by atoms with Gasteiger partial charge in [-0.2, -0.15) is 0 Å². The molecule has 1 aromatic carbocycles. The Morgan fingerprint density at radius 2 is 2.12 bits per heavy atom. The molecule has 0 saturated carbocycles. The number of hydrogen-bond donors (Lipinski definition) is 0. The number of carbonyl (C=O) groups is 1. The van der Waals surface area contributed by atoms with E-state index in [1.165, 1.54) is 17.0 Å². The molecule has 0 aliphatic carbocycles. The molecule has 16 heavy (non-hydrogen) atoms. The van der Waals surface area contributed by atoms with Gasteiger partial charge in [-0.05, 0) is 25.1 Å². The second-order valence-corrected chi connectivity index (χ2v) is 4.48. The number of carbonyl (C=O) groups excluding carboxylic acids is 1. The van der Waals surface area contributed by atoms with Gasteiger partial charge in [-0.15, -0.1) is 0 Å². The summed E-state index contributed by atoms with van der Waals surface area (Å²) in [6.45, 7) is 1.59. The summed E-state index contributed by atoms with van der Waals surface area (Å²) in [5.74, 6) is -0.627. The molecule has 0 aromatic heterocycles. The number of amides is 1. The van der Waals surface area contributed by atoms with E-state index < -0.39 is 11.9 Å². The lowest BCUT2D eigenvalue weighted by molar-refractivity contribution is -0.135. The van der Waals surface area contributed by atoms with E-state index in [-0.39, 0.29) is 11.7 Å².